The third kappa shape index (κ3) is 4.59. The Bertz CT molecular complexity index is 594. The highest BCUT2D eigenvalue weighted by Gasteiger charge is 2.11. The lowest BCUT2D eigenvalue weighted by Crippen LogP contribution is -2.28. The van der Waals surface area contributed by atoms with Gasteiger partial charge in [0.1, 0.15) is 11.5 Å². The fourth-order valence-corrected chi connectivity index (χ4v) is 1.73. The summed E-state index contributed by atoms with van der Waals surface area (Å²) >= 11 is 0. The maximum atomic E-state index is 12.0. The van der Waals surface area contributed by atoms with Gasteiger partial charge >= 0.3 is 0 Å². The summed E-state index contributed by atoms with van der Waals surface area (Å²) < 4.78 is 5.23. The van der Waals surface area contributed by atoms with E-state index >= 15 is 0 Å². The Hall–Kier alpha value is -2.37. The van der Waals surface area contributed by atoms with Gasteiger partial charge in [0.15, 0.2) is 0 Å². The number of aromatic nitrogens is 2. The number of furan rings is 1. The van der Waals surface area contributed by atoms with Crippen molar-refractivity contribution in [2.24, 2.45) is 5.92 Å². The van der Waals surface area contributed by atoms with Crippen LogP contribution in [0.25, 0.3) is 0 Å². The van der Waals surface area contributed by atoms with Crippen LogP contribution in [0.1, 0.15) is 35.8 Å². The second-order valence-electron chi connectivity index (χ2n) is 5.25. The molecule has 2 N–H and O–H groups in total. The third-order valence-electron chi connectivity index (χ3n) is 2.76. The zero-order valence-corrected chi connectivity index (χ0v) is 12.5. The van der Waals surface area contributed by atoms with Gasteiger partial charge < -0.3 is 15.1 Å². The summed E-state index contributed by atoms with van der Waals surface area (Å²) in [6.45, 7) is 7.02. The third-order valence-corrected chi connectivity index (χ3v) is 2.76. The van der Waals surface area contributed by atoms with E-state index in [4.69, 9.17) is 4.42 Å². The second-order valence-corrected chi connectivity index (χ2v) is 5.25. The average Bonchev–Trinajstić information content (AvgIpc) is 2.95. The van der Waals surface area contributed by atoms with Gasteiger partial charge in [-0.3, -0.25) is 4.79 Å². The van der Waals surface area contributed by atoms with Crippen molar-refractivity contribution in [1.82, 2.24) is 15.3 Å². The fraction of sp³-hybridized carbons (Fsp3) is 0.400. The van der Waals surface area contributed by atoms with E-state index in [-0.39, 0.29) is 5.91 Å². The topological polar surface area (TPSA) is 80.0 Å². The predicted octanol–water partition coefficient (Wildman–Crippen LogP) is 2.38. The lowest BCUT2D eigenvalue weighted by atomic mass is 10.2. The van der Waals surface area contributed by atoms with Crippen LogP contribution >= 0.6 is 0 Å². The van der Waals surface area contributed by atoms with E-state index in [0.29, 0.717) is 30.6 Å². The average molecular weight is 288 g/mol. The van der Waals surface area contributed by atoms with Gasteiger partial charge in [0.2, 0.25) is 5.95 Å². The van der Waals surface area contributed by atoms with Gasteiger partial charge in [-0.2, -0.15) is 0 Å². The molecule has 6 heteroatoms. The number of carbonyl (C=O) groups is 1. The van der Waals surface area contributed by atoms with Crippen LogP contribution in [0.4, 0.5) is 5.95 Å². The molecule has 0 radical (unpaired) electrons. The summed E-state index contributed by atoms with van der Waals surface area (Å²) in [5, 5.41) is 5.90. The van der Waals surface area contributed by atoms with Gasteiger partial charge in [-0.1, -0.05) is 13.8 Å². The first-order valence-corrected chi connectivity index (χ1v) is 6.94. The summed E-state index contributed by atoms with van der Waals surface area (Å²) in [6, 6.07) is 5.35. The Morgan fingerprint density at radius 2 is 2.19 bits per heavy atom. The monoisotopic (exact) mass is 288 g/mol. The van der Waals surface area contributed by atoms with Crippen LogP contribution in [0.3, 0.4) is 0 Å². The Balaban J connectivity index is 2.04. The van der Waals surface area contributed by atoms with Crippen LogP contribution in [-0.4, -0.2) is 22.4 Å². The minimum Gasteiger partial charge on any atom is -0.467 e. The first kappa shape index (κ1) is 15.0. The molecule has 0 spiro atoms. The molecule has 112 valence electrons. The number of anilines is 1. The van der Waals surface area contributed by atoms with Crippen molar-refractivity contribution in [3.05, 3.63) is 41.6 Å². The normalized spacial score (nSPS) is 10.7. The Kier molecular flexibility index (Phi) is 4.92. The highest BCUT2D eigenvalue weighted by atomic mass is 16.3. The largest absolute Gasteiger partial charge is 0.467 e. The van der Waals surface area contributed by atoms with E-state index in [9.17, 15) is 4.79 Å². The number of nitrogens with zero attached hydrogens (tertiary/aromatic N) is 2. The molecular weight excluding hydrogens is 268 g/mol. The summed E-state index contributed by atoms with van der Waals surface area (Å²) in [6.07, 6.45) is 1.61. The van der Waals surface area contributed by atoms with Crippen LogP contribution in [-0.2, 0) is 6.54 Å². The molecule has 0 saturated heterocycles. The molecule has 21 heavy (non-hydrogen) atoms. The molecule has 0 aliphatic rings. The van der Waals surface area contributed by atoms with Gasteiger partial charge in [0.05, 0.1) is 12.8 Å². The molecule has 0 aromatic carbocycles. The molecule has 2 aromatic heterocycles. The SMILES string of the molecule is Cc1cc(C(=O)NCC(C)C)nc(NCc2ccco2)n1. The van der Waals surface area contributed by atoms with Crippen molar-refractivity contribution < 1.29 is 9.21 Å². The predicted molar refractivity (Wildman–Crippen MR) is 80.0 cm³/mol. The molecule has 2 heterocycles. The highest BCUT2D eigenvalue weighted by Crippen LogP contribution is 2.08. The first-order valence-electron chi connectivity index (χ1n) is 6.94. The molecule has 0 aliphatic heterocycles. The van der Waals surface area contributed by atoms with Crippen molar-refractivity contribution in [2.75, 3.05) is 11.9 Å². The number of rotatable bonds is 6. The molecule has 0 atom stereocenters. The Morgan fingerprint density at radius 3 is 2.86 bits per heavy atom. The lowest BCUT2D eigenvalue weighted by Gasteiger charge is -2.09. The zero-order valence-electron chi connectivity index (χ0n) is 12.5. The van der Waals surface area contributed by atoms with Gasteiger partial charge in [-0.25, -0.2) is 9.97 Å². The minimum atomic E-state index is -0.185. The molecule has 0 fully saturated rings. The second kappa shape index (κ2) is 6.88. The summed E-state index contributed by atoms with van der Waals surface area (Å²) in [4.78, 5) is 20.5. The number of carbonyl (C=O) groups excluding carboxylic acids is 1. The van der Waals surface area contributed by atoms with Crippen molar-refractivity contribution in [1.29, 1.82) is 0 Å². The van der Waals surface area contributed by atoms with Crippen molar-refractivity contribution in [3.63, 3.8) is 0 Å². The van der Waals surface area contributed by atoms with Crippen LogP contribution in [0.2, 0.25) is 0 Å². The first-order chi connectivity index (χ1) is 10.0. The Morgan fingerprint density at radius 1 is 1.38 bits per heavy atom. The van der Waals surface area contributed by atoms with Crippen LogP contribution in [0.5, 0.6) is 0 Å². The standard InChI is InChI=1S/C15H20N4O2/c1-10(2)8-16-14(20)13-7-11(3)18-15(19-13)17-9-12-5-4-6-21-12/h4-7,10H,8-9H2,1-3H3,(H,16,20)(H,17,18,19). The number of aryl methyl sites for hydroxylation is 1. The van der Waals surface area contributed by atoms with E-state index in [0.717, 1.165) is 11.5 Å². The van der Waals surface area contributed by atoms with Crippen molar-refractivity contribution in [3.8, 4) is 0 Å². The van der Waals surface area contributed by atoms with Crippen LogP contribution in [0.15, 0.2) is 28.9 Å². The van der Waals surface area contributed by atoms with E-state index in [1.165, 1.54) is 0 Å². The van der Waals surface area contributed by atoms with E-state index < -0.39 is 0 Å². The smallest absolute Gasteiger partial charge is 0.270 e. The minimum absolute atomic E-state index is 0.185. The van der Waals surface area contributed by atoms with Crippen LogP contribution in [0, 0.1) is 12.8 Å². The summed E-state index contributed by atoms with van der Waals surface area (Å²) in [7, 11) is 0. The molecule has 1 amide bonds. The molecule has 6 nitrogen and oxygen atoms in total. The van der Waals surface area contributed by atoms with Gasteiger partial charge in [0.25, 0.3) is 5.91 Å². The number of amides is 1. The molecule has 0 aliphatic carbocycles. The maximum Gasteiger partial charge on any atom is 0.270 e. The lowest BCUT2D eigenvalue weighted by molar-refractivity contribution is 0.0944. The van der Waals surface area contributed by atoms with Gasteiger partial charge in [-0.15, -0.1) is 0 Å². The molecule has 2 rings (SSSR count). The van der Waals surface area contributed by atoms with Crippen LogP contribution < -0.4 is 10.6 Å². The fourth-order valence-electron chi connectivity index (χ4n) is 1.73. The molecule has 0 unspecified atom stereocenters. The molecular formula is C15H20N4O2. The molecule has 0 saturated carbocycles. The molecule has 0 bridgehead atoms. The quantitative estimate of drug-likeness (QED) is 0.853. The van der Waals surface area contributed by atoms with E-state index in [1.807, 2.05) is 32.9 Å². The summed E-state index contributed by atoms with van der Waals surface area (Å²) in [5.74, 6) is 1.41. The number of hydrogen-bond donors (Lipinski definition) is 2. The Labute approximate surface area is 124 Å². The van der Waals surface area contributed by atoms with E-state index in [1.54, 1.807) is 12.3 Å². The van der Waals surface area contributed by atoms with Gasteiger partial charge in [0, 0.05) is 12.2 Å². The zero-order chi connectivity index (χ0) is 15.2. The number of hydrogen-bond acceptors (Lipinski definition) is 5. The van der Waals surface area contributed by atoms with E-state index in [2.05, 4.69) is 20.6 Å². The summed E-state index contributed by atoms with van der Waals surface area (Å²) in [5.41, 5.74) is 1.10. The van der Waals surface area contributed by atoms with Gasteiger partial charge in [-0.05, 0) is 31.0 Å². The molecule has 2 aromatic rings. The maximum absolute atomic E-state index is 12.0. The number of nitrogens with one attached hydrogen (secondary N) is 2. The van der Waals surface area contributed by atoms with Crippen molar-refractivity contribution in [2.45, 2.75) is 27.3 Å². The van der Waals surface area contributed by atoms with Crippen molar-refractivity contribution >= 4 is 11.9 Å². The highest BCUT2D eigenvalue weighted by molar-refractivity contribution is 5.92.